The molecule has 0 aromatic heterocycles. The Labute approximate surface area is 180 Å². The average molecular weight is 394 g/mol. The molecule has 1 nitrogen and oxygen atoms in total. The maximum absolute atomic E-state index is 6.36. The van der Waals surface area contributed by atoms with Gasteiger partial charge in [-0.3, -0.25) is 0 Å². The molecule has 0 amide bonds. The molecule has 0 fully saturated rings. The van der Waals surface area contributed by atoms with Crippen molar-refractivity contribution in [3.63, 3.8) is 0 Å². The first-order chi connectivity index (χ1) is 15.3. The van der Waals surface area contributed by atoms with Crippen LogP contribution in [0.3, 0.4) is 0 Å². The molecule has 1 aliphatic rings. The maximum Gasteiger partial charge on any atom is 0.135 e. The summed E-state index contributed by atoms with van der Waals surface area (Å²) in [5, 5.41) is 7.53. The fourth-order valence-electron chi connectivity index (χ4n) is 4.94. The van der Waals surface area contributed by atoms with E-state index in [-0.39, 0.29) is 0 Å². The molecular formula is C30H18O. The fraction of sp³-hybridized carbons (Fsp3) is 0. The highest BCUT2D eigenvalue weighted by atomic mass is 16.5. The van der Waals surface area contributed by atoms with E-state index in [9.17, 15) is 0 Å². The third-order valence-corrected chi connectivity index (χ3v) is 6.44. The Bertz CT molecular complexity index is 1650. The third-order valence-electron chi connectivity index (χ3n) is 6.44. The lowest BCUT2D eigenvalue weighted by atomic mass is 9.92. The normalized spacial score (nSPS) is 12.1. The molecule has 6 aromatic carbocycles. The van der Waals surface area contributed by atoms with Gasteiger partial charge in [0, 0.05) is 10.9 Å². The second kappa shape index (κ2) is 6.20. The molecule has 1 heteroatoms. The second-order valence-corrected chi connectivity index (χ2v) is 8.20. The van der Waals surface area contributed by atoms with Crippen molar-refractivity contribution < 1.29 is 4.74 Å². The Morgan fingerprint density at radius 1 is 0.419 bits per heavy atom. The van der Waals surface area contributed by atoms with Crippen LogP contribution in [0, 0.1) is 0 Å². The van der Waals surface area contributed by atoms with E-state index in [1.54, 1.807) is 0 Å². The summed E-state index contributed by atoms with van der Waals surface area (Å²) >= 11 is 0. The molecule has 144 valence electrons. The van der Waals surface area contributed by atoms with Crippen molar-refractivity contribution in [1.29, 1.82) is 0 Å². The molecule has 0 radical (unpaired) electrons. The van der Waals surface area contributed by atoms with Crippen LogP contribution in [-0.2, 0) is 0 Å². The van der Waals surface area contributed by atoms with Crippen LogP contribution in [0.2, 0.25) is 0 Å². The zero-order chi connectivity index (χ0) is 20.4. The van der Waals surface area contributed by atoms with Gasteiger partial charge in [0.25, 0.3) is 0 Å². The molecule has 0 bridgehead atoms. The minimum absolute atomic E-state index is 0.919. The van der Waals surface area contributed by atoms with E-state index in [0.29, 0.717) is 0 Å². The van der Waals surface area contributed by atoms with Crippen LogP contribution in [0.1, 0.15) is 0 Å². The molecule has 31 heavy (non-hydrogen) atoms. The molecule has 0 N–H and O–H groups in total. The largest absolute Gasteiger partial charge is 0.456 e. The Morgan fingerprint density at radius 2 is 1.16 bits per heavy atom. The SMILES string of the molecule is c1cc2c3c(cccc3c1)-c1ccc(-c3ccc4c(ccc5ccccc54)c3)cc1O2. The first kappa shape index (κ1) is 16.7. The summed E-state index contributed by atoms with van der Waals surface area (Å²) in [6.07, 6.45) is 0. The highest BCUT2D eigenvalue weighted by molar-refractivity contribution is 6.08. The first-order valence-corrected chi connectivity index (χ1v) is 10.6. The van der Waals surface area contributed by atoms with E-state index >= 15 is 0 Å². The van der Waals surface area contributed by atoms with Crippen molar-refractivity contribution in [3.8, 4) is 33.8 Å². The summed E-state index contributed by atoms with van der Waals surface area (Å²) < 4.78 is 6.36. The predicted molar refractivity (Wildman–Crippen MR) is 130 cm³/mol. The van der Waals surface area contributed by atoms with Crippen molar-refractivity contribution in [2.45, 2.75) is 0 Å². The molecule has 1 aliphatic heterocycles. The second-order valence-electron chi connectivity index (χ2n) is 8.20. The molecule has 7 rings (SSSR count). The highest BCUT2D eigenvalue weighted by Crippen LogP contribution is 2.47. The molecule has 0 atom stereocenters. The standard InChI is InChI=1S/C30H18O/c1-2-8-24-19(5-1)11-12-23-17-21(13-15-25(23)24)22-14-16-26-27-9-3-6-20-7-4-10-28(30(20)27)31-29(26)18-22/h1-18H. The Balaban J connectivity index is 1.39. The maximum atomic E-state index is 6.36. The quantitative estimate of drug-likeness (QED) is 0.253. The monoisotopic (exact) mass is 394 g/mol. The van der Waals surface area contributed by atoms with E-state index in [0.717, 1.165) is 17.1 Å². The van der Waals surface area contributed by atoms with Gasteiger partial charge in [0.1, 0.15) is 11.5 Å². The van der Waals surface area contributed by atoms with Gasteiger partial charge in [-0.15, -0.1) is 0 Å². The summed E-state index contributed by atoms with van der Waals surface area (Å²) in [6, 6.07) is 39.0. The molecule has 0 saturated carbocycles. The van der Waals surface area contributed by atoms with Gasteiger partial charge in [-0.25, -0.2) is 0 Å². The lowest BCUT2D eigenvalue weighted by Gasteiger charge is -2.22. The number of hydrogen-bond acceptors (Lipinski definition) is 1. The van der Waals surface area contributed by atoms with E-state index in [1.807, 2.05) is 0 Å². The highest BCUT2D eigenvalue weighted by Gasteiger charge is 2.20. The number of ether oxygens (including phenoxy) is 1. The van der Waals surface area contributed by atoms with Gasteiger partial charge in [0.2, 0.25) is 0 Å². The van der Waals surface area contributed by atoms with Crippen LogP contribution in [0.15, 0.2) is 109 Å². The van der Waals surface area contributed by atoms with Crippen LogP contribution in [0.25, 0.3) is 54.6 Å². The third kappa shape index (κ3) is 2.44. The van der Waals surface area contributed by atoms with Gasteiger partial charge in [0.15, 0.2) is 0 Å². The van der Waals surface area contributed by atoms with Crippen molar-refractivity contribution in [1.82, 2.24) is 0 Å². The molecule has 6 aromatic rings. The fourth-order valence-corrected chi connectivity index (χ4v) is 4.94. The van der Waals surface area contributed by atoms with E-state index in [2.05, 4.69) is 109 Å². The summed E-state index contributed by atoms with van der Waals surface area (Å²) in [4.78, 5) is 0. The number of fused-ring (bicyclic) bond motifs is 5. The van der Waals surface area contributed by atoms with Crippen molar-refractivity contribution in [2.75, 3.05) is 0 Å². The smallest absolute Gasteiger partial charge is 0.135 e. The average Bonchev–Trinajstić information content (AvgIpc) is 2.83. The summed E-state index contributed by atoms with van der Waals surface area (Å²) in [7, 11) is 0. The summed E-state index contributed by atoms with van der Waals surface area (Å²) in [5.41, 5.74) is 4.76. The molecule has 0 unspecified atom stereocenters. The minimum Gasteiger partial charge on any atom is -0.456 e. The van der Waals surface area contributed by atoms with E-state index < -0.39 is 0 Å². The van der Waals surface area contributed by atoms with Crippen molar-refractivity contribution in [3.05, 3.63) is 109 Å². The Kier molecular flexibility index (Phi) is 3.33. The molecule has 1 heterocycles. The lowest BCUT2D eigenvalue weighted by molar-refractivity contribution is 0.487. The molecule has 0 spiro atoms. The van der Waals surface area contributed by atoms with Gasteiger partial charge >= 0.3 is 0 Å². The number of hydrogen-bond donors (Lipinski definition) is 0. The molecule has 0 aliphatic carbocycles. The zero-order valence-electron chi connectivity index (χ0n) is 16.8. The lowest BCUT2D eigenvalue weighted by Crippen LogP contribution is -1.97. The van der Waals surface area contributed by atoms with Crippen LogP contribution < -0.4 is 4.74 Å². The Morgan fingerprint density at radius 3 is 2.13 bits per heavy atom. The van der Waals surface area contributed by atoms with Crippen molar-refractivity contribution >= 4 is 32.3 Å². The topological polar surface area (TPSA) is 9.23 Å². The van der Waals surface area contributed by atoms with Crippen LogP contribution in [0.5, 0.6) is 11.5 Å². The Hall–Kier alpha value is -4.10. The van der Waals surface area contributed by atoms with Gasteiger partial charge in [-0.1, -0.05) is 84.9 Å². The first-order valence-electron chi connectivity index (χ1n) is 10.6. The summed E-state index contributed by atoms with van der Waals surface area (Å²) in [5.74, 6) is 1.85. The summed E-state index contributed by atoms with van der Waals surface area (Å²) in [6.45, 7) is 0. The number of rotatable bonds is 1. The zero-order valence-corrected chi connectivity index (χ0v) is 16.8. The van der Waals surface area contributed by atoms with Crippen LogP contribution in [0.4, 0.5) is 0 Å². The van der Waals surface area contributed by atoms with Gasteiger partial charge in [-0.2, -0.15) is 0 Å². The molecular weight excluding hydrogens is 376 g/mol. The minimum atomic E-state index is 0.919. The van der Waals surface area contributed by atoms with Crippen LogP contribution in [-0.4, -0.2) is 0 Å². The van der Waals surface area contributed by atoms with E-state index in [1.165, 1.54) is 49.0 Å². The van der Waals surface area contributed by atoms with E-state index in [4.69, 9.17) is 4.74 Å². The van der Waals surface area contributed by atoms with Crippen LogP contribution >= 0.6 is 0 Å². The number of benzene rings is 6. The molecule has 0 saturated heterocycles. The van der Waals surface area contributed by atoms with Gasteiger partial charge in [-0.05, 0) is 67.9 Å². The van der Waals surface area contributed by atoms with Crippen molar-refractivity contribution in [2.24, 2.45) is 0 Å². The van der Waals surface area contributed by atoms with Gasteiger partial charge < -0.3 is 4.74 Å². The van der Waals surface area contributed by atoms with Gasteiger partial charge in [0.05, 0.1) is 0 Å². The predicted octanol–water partition coefficient (Wildman–Crippen LogP) is 8.59.